The minimum atomic E-state index is -0.318. The third-order valence-corrected chi connectivity index (χ3v) is 4.63. The molecule has 8 heteroatoms. The first-order chi connectivity index (χ1) is 13.2. The van der Waals surface area contributed by atoms with Gasteiger partial charge in [-0.05, 0) is 36.9 Å². The predicted octanol–water partition coefficient (Wildman–Crippen LogP) is 3.45. The number of piperazine rings is 1. The van der Waals surface area contributed by atoms with Gasteiger partial charge >= 0.3 is 0 Å². The highest BCUT2D eigenvalue weighted by atomic mass is 35.5. The topological polar surface area (TPSA) is 63.4 Å². The minimum Gasteiger partial charge on any atom is -0.489 e. The molecule has 1 aliphatic heterocycles. The van der Waals surface area contributed by atoms with Crippen LogP contribution in [0.1, 0.15) is 17.4 Å². The smallest absolute Gasteiger partial charge is 0.257 e. The quantitative estimate of drug-likeness (QED) is 0.702. The van der Waals surface area contributed by atoms with Gasteiger partial charge in [0.1, 0.15) is 18.2 Å². The van der Waals surface area contributed by atoms with Gasteiger partial charge in [-0.3, -0.25) is 4.90 Å². The van der Waals surface area contributed by atoms with Crippen molar-refractivity contribution in [2.75, 3.05) is 26.7 Å². The summed E-state index contributed by atoms with van der Waals surface area (Å²) in [5.74, 6) is 1.34. The second-order valence-corrected chi connectivity index (χ2v) is 6.60. The molecule has 2 heterocycles. The van der Waals surface area contributed by atoms with Crippen LogP contribution in [0.15, 0.2) is 53.1 Å². The maximum absolute atomic E-state index is 13.2. The zero-order valence-electron chi connectivity index (χ0n) is 15.5. The number of likely N-dealkylation sites (N-methyl/N-ethyl adjacent to an activating group) is 1. The van der Waals surface area contributed by atoms with Gasteiger partial charge in [0.2, 0.25) is 0 Å². The third-order valence-electron chi connectivity index (χ3n) is 4.63. The monoisotopic (exact) mass is 404 g/mol. The fraction of sp³-hybridized carbons (Fsp3) is 0.300. The second-order valence-electron chi connectivity index (χ2n) is 6.60. The van der Waals surface area contributed by atoms with E-state index in [4.69, 9.17) is 9.26 Å². The van der Waals surface area contributed by atoms with Crippen molar-refractivity contribution in [1.29, 1.82) is 0 Å². The summed E-state index contributed by atoms with van der Waals surface area (Å²) >= 11 is 0. The average molecular weight is 405 g/mol. The molecule has 148 valence electrons. The normalized spacial score (nSPS) is 17.1. The number of nitrogens with zero attached hydrogens (tertiary/aromatic N) is 3. The Balaban J connectivity index is 0.00000225. The number of benzene rings is 2. The van der Waals surface area contributed by atoms with E-state index in [1.54, 1.807) is 12.1 Å². The molecular weight excluding hydrogens is 383 g/mol. The van der Waals surface area contributed by atoms with E-state index in [2.05, 4.69) is 27.4 Å². The number of hydrogen-bond acceptors (Lipinski definition) is 6. The van der Waals surface area contributed by atoms with Crippen LogP contribution in [-0.4, -0.2) is 41.7 Å². The molecule has 4 rings (SSSR count). The second kappa shape index (κ2) is 9.14. The Bertz CT molecular complexity index is 920. The van der Waals surface area contributed by atoms with Gasteiger partial charge in [-0.15, -0.1) is 12.4 Å². The van der Waals surface area contributed by atoms with Crippen LogP contribution in [0.3, 0.4) is 0 Å². The van der Waals surface area contributed by atoms with Crippen LogP contribution in [0.2, 0.25) is 0 Å². The van der Waals surface area contributed by atoms with Gasteiger partial charge in [0.25, 0.3) is 5.89 Å². The molecule has 0 aliphatic carbocycles. The Kier molecular flexibility index (Phi) is 6.61. The zero-order valence-corrected chi connectivity index (χ0v) is 16.3. The van der Waals surface area contributed by atoms with Crippen molar-refractivity contribution in [1.82, 2.24) is 20.4 Å². The maximum Gasteiger partial charge on any atom is 0.257 e. The lowest BCUT2D eigenvalue weighted by Crippen LogP contribution is -2.44. The van der Waals surface area contributed by atoms with E-state index in [0.717, 1.165) is 30.8 Å². The maximum atomic E-state index is 13.2. The lowest BCUT2D eigenvalue weighted by molar-refractivity contribution is 0.190. The highest BCUT2D eigenvalue weighted by Gasteiger charge is 2.25. The molecule has 1 fully saturated rings. The van der Waals surface area contributed by atoms with Crippen LogP contribution in [0.25, 0.3) is 11.5 Å². The first kappa shape index (κ1) is 20.3. The summed E-state index contributed by atoms with van der Waals surface area (Å²) in [5, 5.41) is 7.51. The van der Waals surface area contributed by atoms with Gasteiger partial charge in [-0.25, -0.2) is 4.39 Å². The van der Waals surface area contributed by atoms with Crippen LogP contribution in [0.5, 0.6) is 5.75 Å². The Morgan fingerprint density at radius 2 is 2.11 bits per heavy atom. The van der Waals surface area contributed by atoms with Crippen molar-refractivity contribution >= 4 is 12.4 Å². The Morgan fingerprint density at radius 3 is 2.93 bits per heavy atom. The molecule has 28 heavy (non-hydrogen) atoms. The fourth-order valence-electron chi connectivity index (χ4n) is 3.10. The molecular formula is C20H22ClFN4O2. The van der Waals surface area contributed by atoms with Crippen molar-refractivity contribution in [3.8, 4) is 17.2 Å². The highest BCUT2D eigenvalue weighted by molar-refractivity contribution is 5.85. The summed E-state index contributed by atoms with van der Waals surface area (Å²) in [6.45, 7) is 3.04. The van der Waals surface area contributed by atoms with E-state index in [0.29, 0.717) is 24.1 Å². The summed E-state index contributed by atoms with van der Waals surface area (Å²) in [6.07, 6.45) is 0. The molecule has 1 unspecified atom stereocenters. The number of hydrogen-bond donors (Lipinski definition) is 1. The summed E-state index contributed by atoms with van der Waals surface area (Å²) in [5.41, 5.74) is 1.77. The van der Waals surface area contributed by atoms with E-state index in [1.807, 2.05) is 24.3 Å². The van der Waals surface area contributed by atoms with Crippen molar-refractivity contribution in [2.24, 2.45) is 0 Å². The number of nitrogens with one attached hydrogen (secondary N) is 1. The van der Waals surface area contributed by atoms with E-state index in [9.17, 15) is 4.39 Å². The molecule has 6 nitrogen and oxygen atoms in total. The van der Waals surface area contributed by atoms with Gasteiger partial charge in [0.05, 0.1) is 6.04 Å². The summed E-state index contributed by atoms with van der Waals surface area (Å²) in [4.78, 5) is 6.79. The van der Waals surface area contributed by atoms with E-state index >= 15 is 0 Å². The molecule has 0 radical (unpaired) electrons. The summed E-state index contributed by atoms with van der Waals surface area (Å²) < 4.78 is 24.4. The summed E-state index contributed by atoms with van der Waals surface area (Å²) in [7, 11) is 2.06. The molecule has 1 aliphatic rings. The van der Waals surface area contributed by atoms with E-state index < -0.39 is 0 Å². The van der Waals surface area contributed by atoms with E-state index in [-0.39, 0.29) is 24.3 Å². The standard InChI is InChI=1S/C20H21FN4O2.ClH/c1-25-9-8-22-12-18(25)19-23-20(27-24-19)15-5-2-4-14(10-15)13-26-17-7-3-6-16(21)11-17;/h2-7,10-11,18,22H,8-9,12-13H2,1H3;1H. The fourth-order valence-corrected chi connectivity index (χ4v) is 3.10. The van der Waals surface area contributed by atoms with Crippen LogP contribution in [0, 0.1) is 5.82 Å². The zero-order chi connectivity index (χ0) is 18.6. The van der Waals surface area contributed by atoms with Crippen molar-refractivity contribution < 1.29 is 13.7 Å². The number of rotatable bonds is 5. The molecule has 1 atom stereocenters. The molecule has 1 N–H and O–H groups in total. The first-order valence-electron chi connectivity index (χ1n) is 8.91. The number of ether oxygens (including phenoxy) is 1. The van der Waals surface area contributed by atoms with Gasteiger partial charge in [-0.1, -0.05) is 23.4 Å². The van der Waals surface area contributed by atoms with Crippen molar-refractivity contribution in [3.63, 3.8) is 0 Å². The van der Waals surface area contributed by atoms with Gasteiger partial charge < -0.3 is 14.6 Å². The molecule has 0 spiro atoms. The van der Waals surface area contributed by atoms with Gasteiger partial charge in [-0.2, -0.15) is 4.98 Å². The van der Waals surface area contributed by atoms with Gasteiger partial charge in [0.15, 0.2) is 5.82 Å². The Labute approximate surface area is 169 Å². The lowest BCUT2D eigenvalue weighted by atomic mass is 10.1. The molecule has 1 aromatic heterocycles. The van der Waals surface area contributed by atoms with Crippen molar-refractivity contribution in [2.45, 2.75) is 12.6 Å². The average Bonchev–Trinajstić information content (AvgIpc) is 3.17. The Hall–Kier alpha value is -2.48. The van der Waals surface area contributed by atoms with E-state index in [1.165, 1.54) is 12.1 Å². The van der Waals surface area contributed by atoms with Crippen molar-refractivity contribution in [3.05, 3.63) is 65.7 Å². The molecule has 0 amide bonds. The molecule has 3 aromatic rings. The molecule has 0 bridgehead atoms. The molecule has 0 saturated carbocycles. The highest BCUT2D eigenvalue weighted by Crippen LogP contribution is 2.24. The van der Waals surface area contributed by atoms with Crippen LogP contribution in [-0.2, 0) is 6.61 Å². The third kappa shape index (κ3) is 4.67. The lowest BCUT2D eigenvalue weighted by Gasteiger charge is -2.30. The van der Waals surface area contributed by atoms with Crippen LogP contribution in [0.4, 0.5) is 4.39 Å². The van der Waals surface area contributed by atoms with Gasteiger partial charge in [0, 0.05) is 31.3 Å². The largest absolute Gasteiger partial charge is 0.489 e. The molecule has 2 aromatic carbocycles. The molecule has 1 saturated heterocycles. The summed E-state index contributed by atoms with van der Waals surface area (Å²) in [6, 6.07) is 13.9. The van der Waals surface area contributed by atoms with Crippen LogP contribution >= 0.6 is 12.4 Å². The first-order valence-corrected chi connectivity index (χ1v) is 8.91. The number of halogens is 2. The minimum absolute atomic E-state index is 0. The van der Waals surface area contributed by atoms with Crippen LogP contribution < -0.4 is 10.1 Å². The predicted molar refractivity (Wildman–Crippen MR) is 106 cm³/mol. The number of aromatic nitrogens is 2. The SMILES string of the molecule is CN1CCNCC1c1noc(-c2cccc(COc3cccc(F)c3)c2)n1.Cl. The Morgan fingerprint density at radius 1 is 1.25 bits per heavy atom.